The zero-order chi connectivity index (χ0) is 17.0. The molecule has 0 aromatic heterocycles. The summed E-state index contributed by atoms with van der Waals surface area (Å²) in [7, 11) is 2.66. The average Bonchev–Trinajstić information content (AvgIpc) is 2.46. The minimum absolute atomic E-state index is 0.456. The van der Waals surface area contributed by atoms with E-state index in [4.69, 9.17) is 5.26 Å². The van der Waals surface area contributed by atoms with Crippen molar-refractivity contribution in [2.75, 3.05) is 14.1 Å². The third kappa shape index (κ3) is 3.15. The van der Waals surface area contributed by atoms with Gasteiger partial charge < -0.3 is 10.0 Å². The van der Waals surface area contributed by atoms with Crippen molar-refractivity contribution in [2.24, 2.45) is 0 Å². The summed E-state index contributed by atoms with van der Waals surface area (Å²) in [6.45, 7) is 0. The number of nitro groups is 2. The smallest absolute Gasteiger partial charge is 0.287 e. The van der Waals surface area contributed by atoms with Crippen molar-refractivity contribution in [1.29, 1.82) is 5.26 Å². The molecule has 0 radical (unpaired) electrons. The Labute approximate surface area is 123 Å². The van der Waals surface area contributed by atoms with Crippen LogP contribution in [0.4, 0.5) is 11.4 Å². The van der Waals surface area contributed by atoms with Gasteiger partial charge in [-0.3, -0.25) is 25.0 Å². The minimum atomic E-state index is -0.951. The number of benzene rings is 1. The summed E-state index contributed by atoms with van der Waals surface area (Å²) in [6.07, 6.45) is 0. The van der Waals surface area contributed by atoms with Crippen molar-refractivity contribution in [3.8, 4) is 6.07 Å². The molecule has 10 nitrogen and oxygen atoms in total. The number of likely N-dealkylation sites (N-methyl/N-ethyl adjacent to an activating group) is 1. The van der Waals surface area contributed by atoms with E-state index < -0.39 is 44.0 Å². The number of carbonyl (C=O) groups is 1. The Bertz CT molecular complexity index is 732. The lowest BCUT2D eigenvalue weighted by Gasteiger charge is -2.10. The van der Waals surface area contributed by atoms with Gasteiger partial charge in [0, 0.05) is 20.2 Å². The number of non-ortho nitro benzene ring substituents is 1. The van der Waals surface area contributed by atoms with E-state index in [1.807, 2.05) is 0 Å². The van der Waals surface area contributed by atoms with Crippen LogP contribution in [-0.4, -0.2) is 39.9 Å². The Morgan fingerprint density at radius 2 is 1.86 bits per heavy atom. The van der Waals surface area contributed by atoms with Crippen LogP contribution in [0.1, 0.15) is 5.56 Å². The van der Waals surface area contributed by atoms with Crippen LogP contribution in [0, 0.1) is 31.6 Å². The van der Waals surface area contributed by atoms with Crippen molar-refractivity contribution in [1.82, 2.24) is 4.90 Å². The number of aliphatic hydroxyl groups excluding tert-OH is 1. The van der Waals surface area contributed by atoms with Crippen LogP contribution in [-0.2, 0) is 4.79 Å². The third-order valence-electron chi connectivity index (χ3n) is 2.61. The normalized spacial score (nSPS) is 11.1. The molecule has 0 saturated carbocycles. The number of aliphatic hydroxyl groups is 1. The number of carbonyl (C=O) groups excluding carboxylic acids is 1. The van der Waals surface area contributed by atoms with Gasteiger partial charge >= 0.3 is 0 Å². The number of nitro benzene ring substituents is 2. The second-order valence-corrected chi connectivity index (χ2v) is 4.25. The maximum absolute atomic E-state index is 11.8. The topological polar surface area (TPSA) is 151 Å². The molecule has 114 valence electrons. The van der Waals surface area contributed by atoms with Crippen molar-refractivity contribution >= 4 is 23.0 Å². The lowest BCUT2D eigenvalue weighted by Crippen LogP contribution is -2.24. The molecule has 1 rings (SSSR count). The van der Waals surface area contributed by atoms with Gasteiger partial charge in [0.15, 0.2) is 11.3 Å². The largest absolute Gasteiger partial charge is 0.505 e. The molecule has 0 saturated heterocycles. The van der Waals surface area contributed by atoms with E-state index in [1.54, 1.807) is 0 Å². The van der Waals surface area contributed by atoms with E-state index in [0.29, 0.717) is 6.07 Å². The predicted octanol–water partition coefficient (Wildman–Crippen LogP) is 1.38. The summed E-state index contributed by atoms with van der Waals surface area (Å²) in [5.41, 5.74) is -2.50. The third-order valence-corrected chi connectivity index (χ3v) is 2.61. The number of nitriles is 1. The molecule has 1 aromatic carbocycles. The molecule has 0 heterocycles. The van der Waals surface area contributed by atoms with Crippen LogP contribution in [0.3, 0.4) is 0 Å². The van der Waals surface area contributed by atoms with Gasteiger partial charge in [0.2, 0.25) is 0 Å². The summed E-state index contributed by atoms with van der Waals surface area (Å²) in [5.74, 6) is -1.77. The van der Waals surface area contributed by atoms with Crippen molar-refractivity contribution in [2.45, 2.75) is 0 Å². The van der Waals surface area contributed by atoms with E-state index in [-0.39, 0.29) is 0 Å². The van der Waals surface area contributed by atoms with Crippen molar-refractivity contribution < 1.29 is 19.7 Å². The van der Waals surface area contributed by atoms with Crippen LogP contribution in [0.5, 0.6) is 0 Å². The molecule has 1 aromatic rings. The summed E-state index contributed by atoms with van der Waals surface area (Å²) in [5, 5.41) is 40.6. The maximum atomic E-state index is 11.8. The monoisotopic (exact) mass is 306 g/mol. The molecule has 22 heavy (non-hydrogen) atoms. The van der Waals surface area contributed by atoms with Crippen LogP contribution < -0.4 is 0 Å². The van der Waals surface area contributed by atoms with Gasteiger partial charge in [-0.2, -0.15) is 5.26 Å². The fourth-order valence-corrected chi connectivity index (χ4v) is 1.55. The molecule has 1 amide bonds. The Morgan fingerprint density at radius 3 is 2.27 bits per heavy atom. The molecule has 0 spiro atoms. The SMILES string of the molecule is CN(C)C(=O)/C(C#N)=C(\O)c1ccc([N+](=O)[O-])cc1[N+](=O)[O-]. The first-order valence-corrected chi connectivity index (χ1v) is 5.68. The Kier molecular flexibility index (Phi) is 4.76. The number of amides is 1. The molecule has 10 heteroatoms. The van der Waals surface area contributed by atoms with Gasteiger partial charge in [-0.1, -0.05) is 0 Å². The Morgan fingerprint density at radius 1 is 1.27 bits per heavy atom. The van der Waals surface area contributed by atoms with Gasteiger partial charge in [0.25, 0.3) is 17.3 Å². The summed E-state index contributed by atoms with van der Waals surface area (Å²) < 4.78 is 0. The number of hydrogen-bond acceptors (Lipinski definition) is 7. The minimum Gasteiger partial charge on any atom is -0.505 e. The summed E-state index contributed by atoms with van der Waals surface area (Å²) >= 11 is 0. The number of nitrogens with zero attached hydrogens (tertiary/aromatic N) is 4. The molecule has 0 aliphatic carbocycles. The lowest BCUT2D eigenvalue weighted by atomic mass is 10.1. The first kappa shape index (κ1) is 16.6. The average molecular weight is 306 g/mol. The molecule has 0 aliphatic heterocycles. The Balaban J connectivity index is 3.61. The van der Waals surface area contributed by atoms with Crippen molar-refractivity contribution in [3.63, 3.8) is 0 Å². The predicted molar refractivity (Wildman–Crippen MR) is 73.6 cm³/mol. The van der Waals surface area contributed by atoms with Gasteiger partial charge in [-0.25, -0.2) is 0 Å². The zero-order valence-corrected chi connectivity index (χ0v) is 11.5. The fourth-order valence-electron chi connectivity index (χ4n) is 1.55. The second kappa shape index (κ2) is 6.31. The number of rotatable bonds is 4. The van der Waals surface area contributed by atoms with E-state index in [9.17, 15) is 30.1 Å². The summed E-state index contributed by atoms with van der Waals surface area (Å²) in [4.78, 5) is 32.6. The highest BCUT2D eigenvalue weighted by molar-refractivity contribution is 6.03. The second-order valence-electron chi connectivity index (χ2n) is 4.25. The molecule has 0 unspecified atom stereocenters. The highest BCUT2D eigenvalue weighted by atomic mass is 16.6. The quantitative estimate of drug-likeness (QED) is 0.290. The van der Waals surface area contributed by atoms with Crippen LogP contribution in [0.15, 0.2) is 23.8 Å². The van der Waals surface area contributed by atoms with E-state index in [2.05, 4.69) is 0 Å². The van der Waals surface area contributed by atoms with Crippen LogP contribution in [0.25, 0.3) is 5.76 Å². The van der Waals surface area contributed by atoms with Gasteiger partial charge in [-0.15, -0.1) is 0 Å². The lowest BCUT2D eigenvalue weighted by molar-refractivity contribution is -0.394. The van der Waals surface area contributed by atoms with Gasteiger partial charge in [0.05, 0.1) is 21.5 Å². The molecule has 0 aliphatic rings. The molecular formula is C12H10N4O6. The Hall–Kier alpha value is -3.48. The standard InChI is InChI=1S/C12H10N4O6/c1-14(2)12(18)9(6-13)11(17)8-4-3-7(15(19)20)5-10(8)16(21)22/h3-5,17H,1-2H3/b11-9-. The summed E-state index contributed by atoms with van der Waals surface area (Å²) in [6, 6.07) is 3.94. The van der Waals surface area contributed by atoms with E-state index in [0.717, 1.165) is 17.0 Å². The molecule has 0 atom stereocenters. The zero-order valence-electron chi connectivity index (χ0n) is 11.5. The molecule has 1 N–H and O–H groups in total. The molecule has 0 fully saturated rings. The number of hydrogen-bond donors (Lipinski definition) is 1. The van der Waals surface area contributed by atoms with Crippen LogP contribution in [0.2, 0.25) is 0 Å². The van der Waals surface area contributed by atoms with E-state index in [1.165, 1.54) is 20.2 Å². The molecular weight excluding hydrogens is 296 g/mol. The van der Waals surface area contributed by atoms with Gasteiger partial charge in [-0.05, 0) is 6.07 Å². The maximum Gasteiger partial charge on any atom is 0.287 e. The van der Waals surface area contributed by atoms with Crippen LogP contribution >= 0.6 is 0 Å². The highest BCUT2D eigenvalue weighted by Gasteiger charge is 2.26. The fraction of sp³-hybridized carbons (Fsp3) is 0.167. The highest BCUT2D eigenvalue weighted by Crippen LogP contribution is 2.30. The first-order valence-electron chi connectivity index (χ1n) is 5.68. The first-order chi connectivity index (χ1) is 10.2. The van der Waals surface area contributed by atoms with E-state index >= 15 is 0 Å². The van der Waals surface area contributed by atoms with Gasteiger partial charge in [0.1, 0.15) is 6.07 Å². The van der Waals surface area contributed by atoms with Crippen molar-refractivity contribution in [3.05, 3.63) is 49.6 Å². The molecule has 0 bridgehead atoms.